The van der Waals surface area contributed by atoms with E-state index in [1.165, 1.54) is 11.6 Å². The molecule has 5 heteroatoms. The summed E-state index contributed by atoms with van der Waals surface area (Å²) >= 11 is 3.19. The normalized spacial score (nSPS) is 10.3. The van der Waals surface area contributed by atoms with Gasteiger partial charge >= 0.3 is 0 Å². The molecular weight excluding hydrogens is 347 g/mol. The zero-order valence-electron chi connectivity index (χ0n) is 12.1. The maximum Gasteiger partial charge on any atom is 0.239 e. The lowest BCUT2D eigenvalue weighted by molar-refractivity contribution is -0.119. The Bertz CT molecular complexity index is 619. The van der Waals surface area contributed by atoms with Crippen molar-refractivity contribution >= 4 is 27.5 Å². The van der Waals surface area contributed by atoms with E-state index in [4.69, 9.17) is 0 Å². The van der Waals surface area contributed by atoms with Gasteiger partial charge in [-0.05, 0) is 36.6 Å². The van der Waals surface area contributed by atoms with Crippen LogP contribution in [0.15, 0.2) is 53.0 Å². The van der Waals surface area contributed by atoms with Gasteiger partial charge in [-0.15, -0.1) is 0 Å². The number of hydrogen-bond donors (Lipinski definition) is 2. The SMILES string of the molecule is O=C(CNc1ccc(Br)cc1F)NCCCc1ccccc1. The summed E-state index contributed by atoms with van der Waals surface area (Å²) in [6.45, 7) is 0.669. The lowest BCUT2D eigenvalue weighted by Crippen LogP contribution is -2.31. The molecule has 0 saturated heterocycles. The zero-order chi connectivity index (χ0) is 15.8. The van der Waals surface area contributed by atoms with Crippen molar-refractivity contribution in [2.24, 2.45) is 0 Å². The quantitative estimate of drug-likeness (QED) is 0.734. The number of anilines is 1. The minimum atomic E-state index is -0.383. The highest BCUT2D eigenvalue weighted by Crippen LogP contribution is 2.18. The zero-order valence-corrected chi connectivity index (χ0v) is 13.7. The van der Waals surface area contributed by atoms with Gasteiger partial charge in [0.25, 0.3) is 0 Å². The molecule has 0 aliphatic heterocycles. The second-order valence-electron chi connectivity index (χ2n) is 4.92. The lowest BCUT2D eigenvalue weighted by Gasteiger charge is -2.09. The monoisotopic (exact) mass is 364 g/mol. The second-order valence-corrected chi connectivity index (χ2v) is 5.83. The third-order valence-corrected chi connectivity index (χ3v) is 3.67. The molecule has 0 bridgehead atoms. The van der Waals surface area contributed by atoms with E-state index in [2.05, 4.69) is 38.7 Å². The van der Waals surface area contributed by atoms with Gasteiger partial charge in [0.2, 0.25) is 5.91 Å². The Hall–Kier alpha value is -1.88. The van der Waals surface area contributed by atoms with Gasteiger partial charge in [-0.1, -0.05) is 46.3 Å². The fourth-order valence-corrected chi connectivity index (χ4v) is 2.37. The van der Waals surface area contributed by atoms with Gasteiger partial charge in [0.05, 0.1) is 12.2 Å². The second kappa shape index (κ2) is 8.54. The summed E-state index contributed by atoms with van der Waals surface area (Å²) in [5, 5.41) is 5.61. The van der Waals surface area contributed by atoms with Crippen LogP contribution in [0.25, 0.3) is 0 Å². The third-order valence-electron chi connectivity index (χ3n) is 3.18. The smallest absolute Gasteiger partial charge is 0.239 e. The van der Waals surface area contributed by atoms with E-state index in [-0.39, 0.29) is 18.3 Å². The number of nitrogens with one attached hydrogen (secondary N) is 2. The van der Waals surface area contributed by atoms with Crippen LogP contribution in [0.5, 0.6) is 0 Å². The largest absolute Gasteiger partial charge is 0.374 e. The number of halogens is 2. The number of benzene rings is 2. The van der Waals surface area contributed by atoms with Crippen molar-refractivity contribution in [3.05, 3.63) is 64.4 Å². The Balaban J connectivity index is 1.65. The topological polar surface area (TPSA) is 41.1 Å². The highest BCUT2D eigenvalue weighted by molar-refractivity contribution is 9.10. The van der Waals surface area contributed by atoms with Gasteiger partial charge in [-0.25, -0.2) is 4.39 Å². The Morgan fingerprint density at radius 1 is 1.14 bits per heavy atom. The van der Waals surface area contributed by atoms with Crippen LogP contribution in [0.2, 0.25) is 0 Å². The van der Waals surface area contributed by atoms with Crippen molar-refractivity contribution in [3.63, 3.8) is 0 Å². The van der Waals surface area contributed by atoms with Crippen molar-refractivity contribution in [2.45, 2.75) is 12.8 Å². The van der Waals surface area contributed by atoms with Crippen LogP contribution in [0.1, 0.15) is 12.0 Å². The summed E-state index contributed by atoms with van der Waals surface area (Å²) in [6, 6.07) is 14.8. The first-order chi connectivity index (χ1) is 10.6. The highest BCUT2D eigenvalue weighted by atomic mass is 79.9. The molecule has 0 fully saturated rings. The number of hydrogen-bond acceptors (Lipinski definition) is 2. The number of carbonyl (C=O) groups excluding carboxylic acids is 1. The van der Waals surface area contributed by atoms with Crippen LogP contribution in [0.4, 0.5) is 10.1 Å². The molecule has 0 heterocycles. The van der Waals surface area contributed by atoms with E-state index < -0.39 is 0 Å². The Kier molecular flexibility index (Phi) is 6.40. The average Bonchev–Trinajstić information content (AvgIpc) is 2.52. The number of aryl methyl sites for hydroxylation is 1. The summed E-state index contributed by atoms with van der Waals surface area (Å²) in [4.78, 5) is 11.7. The van der Waals surface area contributed by atoms with Crippen LogP contribution < -0.4 is 10.6 Å². The maximum absolute atomic E-state index is 13.6. The molecule has 22 heavy (non-hydrogen) atoms. The fourth-order valence-electron chi connectivity index (χ4n) is 2.04. The van der Waals surface area contributed by atoms with Crippen LogP contribution >= 0.6 is 15.9 Å². The molecule has 0 atom stereocenters. The van der Waals surface area contributed by atoms with Gasteiger partial charge in [-0.3, -0.25) is 4.79 Å². The molecule has 2 rings (SSSR count). The predicted octanol–water partition coefficient (Wildman–Crippen LogP) is 3.75. The van der Waals surface area contributed by atoms with Gasteiger partial charge in [0, 0.05) is 11.0 Å². The van der Waals surface area contributed by atoms with E-state index in [1.54, 1.807) is 12.1 Å². The first-order valence-electron chi connectivity index (χ1n) is 7.15. The molecule has 0 saturated carbocycles. The number of carbonyl (C=O) groups is 1. The Morgan fingerprint density at radius 2 is 1.91 bits per heavy atom. The number of rotatable bonds is 7. The first kappa shape index (κ1) is 16.5. The summed E-state index contributed by atoms with van der Waals surface area (Å²) in [7, 11) is 0. The van der Waals surface area contributed by atoms with Crippen molar-refractivity contribution in [1.82, 2.24) is 5.32 Å². The van der Waals surface area contributed by atoms with Crippen molar-refractivity contribution in [2.75, 3.05) is 18.4 Å². The van der Waals surface area contributed by atoms with E-state index >= 15 is 0 Å². The molecular formula is C17H18BrFN2O. The summed E-state index contributed by atoms with van der Waals surface area (Å²) in [5.74, 6) is -0.526. The van der Waals surface area contributed by atoms with Crippen molar-refractivity contribution < 1.29 is 9.18 Å². The van der Waals surface area contributed by atoms with E-state index in [0.29, 0.717) is 16.7 Å². The molecule has 3 nitrogen and oxygen atoms in total. The predicted molar refractivity (Wildman–Crippen MR) is 90.4 cm³/mol. The highest BCUT2D eigenvalue weighted by Gasteiger charge is 2.05. The summed E-state index contributed by atoms with van der Waals surface area (Å²) < 4.78 is 14.2. The van der Waals surface area contributed by atoms with Gasteiger partial charge in [0.15, 0.2) is 0 Å². The Labute approximate surface area is 138 Å². The molecule has 1 amide bonds. The molecule has 0 spiro atoms. The van der Waals surface area contributed by atoms with E-state index in [9.17, 15) is 9.18 Å². The summed E-state index contributed by atoms with van der Waals surface area (Å²) in [5.41, 5.74) is 1.58. The van der Waals surface area contributed by atoms with Crippen LogP contribution in [-0.4, -0.2) is 19.0 Å². The molecule has 2 aromatic rings. The molecule has 0 unspecified atom stereocenters. The third kappa shape index (κ3) is 5.48. The minimum absolute atomic E-state index is 0.0594. The molecule has 0 radical (unpaired) electrons. The van der Waals surface area contributed by atoms with Crippen LogP contribution in [-0.2, 0) is 11.2 Å². The van der Waals surface area contributed by atoms with Gasteiger partial charge in [-0.2, -0.15) is 0 Å². The van der Waals surface area contributed by atoms with E-state index in [0.717, 1.165) is 12.8 Å². The first-order valence-corrected chi connectivity index (χ1v) is 7.94. The molecule has 0 aliphatic carbocycles. The van der Waals surface area contributed by atoms with Crippen molar-refractivity contribution in [1.29, 1.82) is 0 Å². The summed E-state index contributed by atoms with van der Waals surface area (Å²) in [6.07, 6.45) is 1.80. The van der Waals surface area contributed by atoms with Crippen LogP contribution in [0, 0.1) is 5.82 Å². The molecule has 2 N–H and O–H groups in total. The average molecular weight is 365 g/mol. The molecule has 116 valence electrons. The minimum Gasteiger partial charge on any atom is -0.374 e. The standard InChI is InChI=1S/C17H18BrFN2O/c18-14-8-9-16(15(19)11-14)21-12-17(22)20-10-4-7-13-5-2-1-3-6-13/h1-3,5-6,8-9,11,21H,4,7,10,12H2,(H,20,22). The molecule has 2 aromatic carbocycles. The van der Waals surface area contributed by atoms with Gasteiger partial charge < -0.3 is 10.6 Å². The lowest BCUT2D eigenvalue weighted by atomic mass is 10.1. The molecule has 0 aliphatic rings. The van der Waals surface area contributed by atoms with Gasteiger partial charge in [0.1, 0.15) is 5.82 Å². The molecule has 0 aromatic heterocycles. The Morgan fingerprint density at radius 3 is 2.64 bits per heavy atom. The maximum atomic E-state index is 13.6. The van der Waals surface area contributed by atoms with Crippen LogP contribution in [0.3, 0.4) is 0 Å². The fraction of sp³-hybridized carbons (Fsp3) is 0.235. The van der Waals surface area contributed by atoms with Crippen molar-refractivity contribution in [3.8, 4) is 0 Å². The van der Waals surface area contributed by atoms with E-state index in [1.807, 2.05) is 18.2 Å². The number of amides is 1.